The Hall–Kier alpha value is -3.91. The summed E-state index contributed by atoms with van der Waals surface area (Å²) in [5.41, 5.74) is 3.12. The van der Waals surface area contributed by atoms with Crippen LogP contribution < -0.4 is 4.90 Å². The zero-order valence-corrected chi connectivity index (χ0v) is 19.6. The van der Waals surface area contributed by atoms with E-state index in [1.807, 2.05) is 30.3 Å². The minimum Gasteiger partial charge on any atom is -0.459 e. The van der Waals surface area contributed by atoms with Crippen molar-refractivity contribution in [1.29, 1.82) is 0 Å². The fourth-order valence-corrected chi connectivity index (χ4v) is 4.29. The molecule has 2 aromatic heterocycles. The smallest absolute Gasteiger partial charge is 0.290 e. The Bertz CT molecular complexity index is 1250. The number of carbonyl (C=O) groups is 1. The summed E-state index contributed by atoms with van der Waals surface area (Å²) in [5, 5.41) is 4.38. The normalized spacial score (nSPS) is 14.3. The summed E-state index contributed by atoms with van der Waals surface area (Å²) in [6.45, 7) is 4.00. The van der Waals surface area contributed by atoms with Gasteiger partial charge in [-0.15, -0.1) is 0 Å². The molecule has 7 nitrogen and oxygen atoms in total. The van der Waals surface area contributed by atoms with Crippen molar-refractivity contribution < 1.29 is 18.1 Å². The standard InChI is InChI=1S/C27H27FN4O3/c1-30-13-15-31(16-14-30)27-23(25(29-35-27)21-9-11-22(28)12-10-21)19-32(18-20-6-3-2-4-7-20)26(33)24-8-5-17-34-24/h2-12,17H,13-16,18-19H2,1H3. The molecule has 0 N–H and O–H groups in total. The van der Waals surface area contributed by atoms with E-state index in [9.17, 15) is 9.18 Å². The molecule has 35 heavy (non-hydrogen) atoms. The molecule has 0 aliphatic carbocycles. The van der Waals surface area contributed by atoms with Gasteiger partial charge in [0.25, 0.3) is 5.91 Å². The Morgan fingerprint density at radius 1 is 0.971 bits per heavy atom. The second-order valence-corrected chi connectivity index (χ2v) is 8.74. The second-order valence-electron chi connectivity index (χ2n) is 8.74. The molecule has 0 bridgehead atoms. The van der Waals surface area contributed by atoms with E-state index >= 15 is 0 Å². The molecule has 0 saturated carbocycles. The topological polar surface area (TPSA) is 66.0 Å². The van der Waals surface area contributed by atoms with Crippen molar-refractivity contribution >= 4 is 11.8 Å². The van der Waals surface area contributed by atoms with E-state index in [2.05, 4.69) is 22.0 Å². The Kier molecular flexibility index (Phi) is 6.63. The van der Waals surface area contributed by atoms with E-state index < -0.39 is 0 Å². The van der Waals surface area contributed by atoms with E-state index in [1.165, 1.54) is 18.4 Å². The van der Waals surface area contributed by atoms with Crippen LogP contribution in [0.3, 0.4) is 0 Å². The lowest BCUT2D eigenvalue weighted by atomic mass is 10.1. The monoisotopic (exact) mass is 474 g/mol. The number of rotatable bonds is 7. The number of likely N-dealkylation sites (N-methyl/N-ethyl adjacent to an activating group) is 1. The van der Waals surface area contributed by atoms with Gasteiger partial charge in [-0.05, 0) is 49.0 Å². The first-order chi connectivity index (χ1) is 17.1. The summed E-state index contributed by atoms with van der Waals surface area (Å²) in [7, 11) is 2.09. The van der Waals surface area contributed by atoms with Gasteiger partial charge in [-0.2, -0.15) is 0 Å². The first kappa shape index (κ1) is 22.9. The highest BCUT2D eigenvalue weighted by molar-refractivity contribution is 5.91. The molecule has 1 amide bonds. The van der Waals surface area contributed by atoms with Crippen molar-refractivity contribution in [2.45, 2.75) is 13.1 Å². The lowest BCUT2D eigenvalue weighted by molar-refractivity contribution is 0.0698. The maximum absolute atomic E-state index is 13.6. The fraction of sp³-hybridized carbons (Fsp3) is 0.259. The number of halogens is 1. The first-order valence-corrected chi connectivity index (χ1v) is 11.6. The highest BCUT2D eigenvalue weighted by atomic mass is 19.1. The van der Waals surface area contributed by atoms with Crippen molar-refractivity contribution in [2.24, 2.45) is 0 Å². The molecule has 0 radical (unpaired) electrons. The molecule has 1 fully saturated rings. The maximum atomic E-state index is 13.6. The number of hydrogen-bond acceptors (Lipinski definition) is 6. The van der Waals surface area contributed by atoms with Crippen molar-refractivity contribution in [3.8, 4) is 11.3 Å². The number of nitrogens with zero attached hydrogens (tertiary/aromatic N) is 4. The highest BCUT2D eigenvalue weighted by Crippen LogP contribution is 2.34. The third kappa shape index (κ3) is 5.12. The van der Waals surface area contributed by atoms with Crippen LogP contribution in [-0.4, -0.2) is 54.1 Å². The molecule has 0 unspecified atom stereocenters. The van der Waals surface area contributed by atoms with E-state index in [0.717, 1.165) is 42.9 Å². The number of piperazine rings is 1. The predicted octanol–water partition coefficient (Wildman–Crippen LogP) is 4.67. The van der Waals surface area contributed by atoms with Gasteiger partial charge in [0.15, 0.2) is 5.76 Å². The van der Waals surface area contributed by atoms with Gasteiger partial charge >= 0.3 is 0 Å². The van der Waals surface area contributed by atoms with Crippen LogP contribution in [-0.2, 0) is 13.1 Å². The number of hydrogen-bond donors (Lipinski definition) is 0. The first-order valence-electron chi connectivity index (χ1n) is 11.6. The van der Waals surface area contributed by atoms with Crippen LogP contribution in [0.5, 0.6) is 0 Å². The molecular weight excluding hydrogens is 447 g/mol. The van der Waals surface area contributed by atoms with Crippen molar-refractivity contribution in [3.05, 3.63) is 95.7 Å². The number of anilines is 1. The van der Waals surface area contributed by atoms with E-state index in [-0.39, 0.29) is 24.0 Å². The quantitative estimate of drug-likeness (QED) is 0.388. The van der Waals surface area contributed by atoms with Gasteiger partial charge in [-0.25, -0.2) is 4.39 Å². The van der Waals surface area contributed by atoms with Gasteiger partial charge in [0.1, 0.15) is 11.5 Å². The Morgan fingerprint density at radius 2 is 1.71 bits per heavy atom. The molecule has 0 spiro atoms. The van der Waals surface area contributed by atoms with Crippen LogP contribution >= 0.6 is 0 Å². The number of benzene rings is 2. The molecular formula is C27H27FN4O3. The average Bonchev–Trinajstić information content (AvgIpc) is 3.56. The molecule has 1 aliphatic heterocycles. The van der Waals surface area contributed by atoms with Crippen LogP contribution in [0.15, 0.2) is 81.9 Å². The lowest BCUT2D eigenvalue weighted by Crippen LogP contribution is -2.44. The molecule has 0 atom stereocenters. The van der Waals surface area contributed by atoms with Crippen LogP contribution in [0, 0.1) is 5.82 Å². The molecule has 1 saturated heterocycles. The van der Waals surface area contributed by atoms with Gasteiger partial charge in [0.2, 0.25) is 5.88 Å². The highest BCUT2D eigenvalue weighted by Gasteiger charge is 2.29. The summed E-state index contributed by atoms with van der Waals surface area (Å²) >= 11 is 0. The molecule has 3 heterocycles. The van der Waals surface area contributed by atoms with Crippen molar-refractivity contribution in [3.63, 3.8) is 0 Å². The minimum atomic E-state index is -0.322. The predicted molar refractivity (Wildman–Crippen MR) is 130 cm³/mol. The Morgan fingerprint density at radius 3 is 2.40 bits per heavy atom. The molecule has 5 rings (SSSR count). The Balaban J connectivity index is 1.54. The Labute approximate surface area is 203 Å². The van der Waals surface area contributed by atoms with Gasteiger partial charge in [0.05, 0.1) is 18.4 Å². The van der Waals surface area contributed by atoms with E-state index in [4.69, 9.17) is 8.94 Å². The van der Waals surface area contributed by atoms with Crippen LogP contribution in [0.1, 0.15) is 21.7 Å². The number of carbonyl (C=O) groups excluding carboxylic acids is 1. The van der Waals surface area contributed by atoms with Gasteiger partial charge in [-0.1, -0.05) is 35.5 Å². The zero-order chi connectivity index (χ0) is 24.2. The minimum absolute atomic E-state index is 0.227. The van der Waals surface area contributed by atoms with Gasteiger partial charge in [0, 0.05) is 38.3 Å². The summed E-state index contributed by atoms with van der Waals surface area (Å²) in [6, 6.07) is 19.3. The van der Waals surface area contributed by atoms with Crippen molar-refractivity contribution in [2.75, 3.05) is 38.1 Å². The number of amides is 1. The van der Waals surface area contributed by atoms with E-state index in [0.29, 0.717) is 18.1 Å². The molecule has 1 aliphatic rings. The SMILES string of the molecule is CN1CCN(c2onc(-c3ccc(F)cc3)c2CN(Cc2ccccc2)C(=O)c2ccco2)CC1. The fourth-order valence-electron chi connectivity index (χ4n) is 4.29. The maximum Gasteiger partial charge on any atom is 0.290 e. The number of furan rings is 1. The van der Waals surface area contributed by atoms with Crippen LogP contribution in [0.25, 0.3) is 11.3 Å². The second kappa shape index (κ2) is 10.1. The third-order valence-corrected chi connectivity index (χ3v) is 6.26. The van der Waals surface area contributed by atoms with Crippen molar-refractivity contribution in [1.82, 2.24) is 15.0 Å². The van der Waals surface area contributed by atoms with E-state index in [1.54, 1.807) is 29.2 Å². The molecule has 180 valence electrons. The zero-order valence-electron chi connectivity index (χ0n) is 19.6. The van der Waals surface area contributed by atoms with Crippen LogP contribution in [0.4, 0.5) is 10.3 Å². The largest absolute Gasteiger partial charge is 0.459 e. The van der Waals surface area contributed by atoms with Crippen LogP contribution in [0.2, 0.25) is 0 Å². The molecule has 8 heteroatoms. The average molecular weight is 475 g/mol. The molecule has 4 aromatic rings. The summed E-state index contributed by atoms with van der Waals surface area (Å²) in [4.78, 5) is 19.6. The lowest BCUT2D eigenvalue weighted by Gasteiger charge is -2.33. The third-order valence-electron chi connectivity index (χ3n) is 6.26. The number of aromatic nitrogens is 1. The summed E-state index contributed by atoms with van der Waals surface area (Å²) in [5.74, 6) is 0.357. The van der Waals surface area contributed by atoms with Gasteiger partial charge in [-0.3, -0.25) is 4.79 Å². The van der Waals surface area contributed by atoms with Gasteiger partial charge < -0.3 is 23.6 Å². The molecule has 2 aromatic carbocycles. The summed E-state index contributed by atoms with van der Waals surface area (Å²) in [6.07, 6.45) is 1.49. The summed E-state index contributed by atoms with van der Waals surface area (Å²) < 4.78 is 24.9.